The second-order valence-electron chi connectivity index (χ2n) is 3.44. The number of rotatable bonds is 4. The molecule has 0 unspecified atom stereocenters. The molecule has 0 fully saturated rings. The second-order valence-corrected chi connectivity index (χ2v) is 3.88. The zero-order chi connectivity index (χ0) is 12.0. The highest BCUT2D eigenvalue weighted by Gasteiger charge is 2.07. The van der Waals surface area contributed by atoms with Crippen LogP contribution in [-0.2, 0) is 11.2 Å². The van der Waals surface area contributed by atoms with Crippen molar-refractivity contribution >= 4 is 17.7 Å². The van der Waals surface area contributed by atoms with Gasteiger partial charge in [-0.15, -0.1) is 0 Å². The van der Waals surface area contributed by atoms with E-state index in [0.717, 1.165) is 5.56 Å². The summed E-state index contributed by atoms with van der Waals surface area (Å²) in [6.45, 7) is 0.197. The highest BCUT2D eigenvalue weighted by Crippen LogP contribution is 2.10. The van der Waals surface area contributed by atoms with Gasteiger partial charge >= 0.3 is 6.09 Å². The zero-order valence-corrected chi connectivity index (χ0v) is 9.83. The third kappa shape index (κ3) is 4.51. The van der Waals surface area contributed by atoms with Crippen molar-refractivity contribution in [1.29, 1.82) is 0 Å². The number of hydrogen-bond donors (Lipinski definition) is 2. The topological polar surface area (TPSA) is 64.3 Å². The summed E-state index contributed by atoms with van der Waals surface area (Å²) in [5, 5.41) is 3.05. The summed E-state index contributed by atoms with van der Waals surface area (Å²) >= 11 is 5.76. The molecule has 1 rings (SSSR count). The summed E-state index contributed by atoms with van der Waals surface area (Å²) in [7, 11) is 1.51. The lowest BCUT2D eigenvalue weighted by Gasteiger charge is -2.11. The summed E-state index contributed by atoms with van der Waals surface area (Å²) in [6, 6.07) is 7.22. The van der Waals surface area contributed by atoms with E-state index in [1.165, 1.54) is 7.05 Å². The van der Waals surface area contributed by atoms with Crippen molar-refractivity contribution in [3.8, 4) is 0 Å². The van der Waals surface area contributed by atoms with Crippen LogP contribution in [0, 0.1) is 0 Å². The molecule has 5 heteroatoms. The van der Waals surface area contributed by atoms with E-state index in [9.17, 15) is 4.79 Å². The van der Waals surface area contributed by atoms with Crippen molar-refractivity contribution in [2.45, 2.75) is 12.5 Å². The van der Waals surface area contributed by atoms with Gasteiger partial charge in [-0.1, -0.05) is 23.7 Å². The molecule has 0 aliphatic rings. The lowest BCUT2D eigenvalue weighted by atomic mass is 10.1. The quantitative estimate of drug-likeness (QED) is 0.842. The molecule has 0 radical (unpaired) electrons. The fraction of sp³-hybridized carbons (Fsp3) is 0.364. The molecule has 0 aliphatic heterocycles. The number of carbonyl (C=O) groups excluding carboxylic acids is 1. The van der Waals surface area contributed by atoms with Gasteiger partial charge in [-0.05, 0) is 24.1 Å². The Kier molecular flexibility index (Phi) is 5.08. The van der Waals surface area contributed by atoms with Crippen molar-refractivity contribution in [1.82, 2.24) is 5.32 Å². The van der Waals surface area contributed by atoms with Gasteiger partial charge in [0.05, 0.1) is 0 Å². The standard InChI is InChI=1S/C11H15ClN2O2/c1-14-11(15)16-7-10(13)6-8-2-4-9(12)5-3-8/h2-5,10H,6-7,13H2,1H3,(H,14,15)/t10-/m1/s1. The van der Waals surface area contributed by atoms with Gasteiger partial charge < -0.3 is 15.8 Å². The minimum atomic E-state index is -0.466. The van der Waals surface area contributed by atoms with Gasteiger partial charge in [-0.2, -0.15) is 0 Å². The number of carbonyl (C=O) groups is 1. The molecule has 0 saturated heterocycles. The van der Waals surface area contributed by atoms with Gasteiger partial charge in [-0.3, -0.25) is 0 Å². The van der Waals surface area contributed by atoms with E-state index < -0.39 is 6.09 Å². The molecule has 3 N–H and O–H groups in total. The van der Waals surface area contributed by atoms with Crippen LogP contribution in [0.5, 0.6) is 0 Å². The highest BCUT2D eigenvalue weighted by atomic mass is 35.5. The molecule has 16 heavy (non-hydrogen) atoms. The Morgan fingerprint density at radius 1 is 1.50 bits per heavy atom. The van der Waals surface area contributed by atoms with Gasteiger partial charge in [0, 0.05) is 18.1 Å². The van der Waals surface area contributed by atoms with Crippen LogP contribution < -0.4 is 11.1 Å². The Bertz CT molecular complexity index is 340. The Hall–Kier alpha value is -1.26. The van der Waals surface area contributed by atoms with E-state index in [1.807, 2.05) is 24.3 Å². The first kappa shape index (κ1) is 12.8. The van der Waals surface area contributed by atoms with Gasteiger partial charge in [0.25, 0.3) is 0 Å². The minimum Gasteiger partial charge on any atom is -0.448 e. The molecule has 0 bridgehead atoms. The van der Waals surface area contributed by atoms with E-state index in [4.69, 9.17) is 22.1 Å². The van der Waals surface area contributed by atoms with Gasteiger partial charge in [0.1, 0.15) is 6.61 Å². The lowest BCUT2D eigenvalue weighted by Crippen LogP contribution is -2.32. The predicted octanol–water partition coefficient (Wildman–Crippen LogP) is 1.57. The van der Waals surface area contributed by atoms with E-state index >= 15 is 0 Å². The molecule has 88 valence electrons. The van der Waals surface area contributed by atoms with Crippen LogP contribution in [0.3, 0.4) is 0 Å². The number of hydrogen-bond acceptors (Lipinski definition) is 3. The van der Waals surface area contributed by atoms with Crippen LogP contribution in [0.15, 0.2) is 24.3 Å². The predicted molar refractivity (Wildman–Crippen MR) is 63.5 cm³/mol. The number of benzene rings is 1. The maximum Gasteiger partial charge on any atom is 0.406 e. The first-order valence-electron chi connectivity index (χ1n) is 4.96. The van der Waals surface area contributed by atoms with Crippen LogP contribution in [0.2, 0.25) is 5.02 Å². The van der Waals surface area contributed by atoms with E-state index in [2.05, 4.69) is 5.32 Å². The number of nitrogens with two attached hydrogens (primary N) is 1. The first-order valence-corrected chi connectivity index (χ1v) is 5.34. The zero-order valence-electron chi connectivity index (χ0n) is 9.07. The SMILES string of the molecule is CNC(=O)OC[C@H](N)Cc1ccc(Cl)cc1. The van der Waals surface area contributed by atoms with Crippen LogP contribution in [-0.4, -0.2) is 25.8 Å². The fourth-order valence-electron chi connectivity index (χ4n) is 1.24. The summed E-state index contributed by atoms with van der Waals surface area (Å²) < 4.78 is 4.85. The highest BCUT2D eigenvalue weighted by molar-refractivity contribution is 6.30. The molecule has 0 spiro atoms. The average Bonchev–Trinajstić information content (AvgIpc) is 2.29. The normalized spacial score (nSPS) is 11.9. The minimum absolute atomic E-state index is 0.197. The Morgan fingerprint density at radius 2 is 2.12 bits per heavy atom. The average molecular weight is 243 g/mol. The molecular formula is C11H15ClN2O2. The van der Waals surface area contributed by atoms with E-state index in [-0.39, 0.29) is 12.6 Å². The lowest BCUT2D eigenvalue weighted by molar-refractivity contribution is 0.141. The summed E-state index contributed by atoms with van der Waals surface area (Å²) in [6.07, 6.45) is 0.181. The van der Waals surface area contributed by atoms with Crippen molar-refractivity contribution in [2.24, 2.45) is 5.73 Å². The van der Waals surface area contributed by atoms with Gasteiger partial charge in [0.15, 0.2) is 0 Å². The molecule has 0 saturated carbocycles. The molecule has 4 nitrogen and oxygen atoms in total. The molecule has 1 aromatic rings. The number of nitrogens with one attached hydrogen (secondary N) is 1. The monoisotopic (exact) mass is 242 g/mol. The number of ether oxygens (including phenoxy) is 1. The largest absolute Gasteiger partial charge is 0.448 e. The van der Waals surface area contributed by atoms with Crippen LogP contribution in [0.1, 0.15) is 5.56 Å². The fourth-order valence-corrected chi connectivity index (χ4v) is 1.36. The van der Waals surface area contributed by atoms with Crippen molar-refractivity contribution in [2.75, 3.05) is 13.7 Å². The van der Waals surface area contributed by atoms with Gasteiger partial charge in [-0.25, -0.2) is 4.79 Å². The third-order valence-electron chi connectivity index (χ3n) is 2.04. The maximum absolute atomic E-state index is 10.8. The summed E-state index contributed by atoms with van der Waals surface area (Å²) in [5.41, 5.74) is 6.88. The molecular weight excluding hydrogens is 228 g/mol. The van der Waals surface area contributed by atoms with Crippen molar-refractivity contribution in [3.63, 3.8) is 0 Å². The number of alkyl carbamates (subject to hydrolysis) is 1. The number of amides is 1. The molecule has 1 aromatic carbocycles. The molecule has 0 aromatic heterocycles. The van der Waals surface area contributed by atoms with E-state index in [1.54, 1.807) is 0 Å². The second kappa shape index (κ2) is 6.35. The van der Waals surface area contributed by atoms with Crippen molar-refractivity contribution < 1.29 is 9.53 Å². The smallest absolute Gasteiger partial charge is 0.406 e. The van der Waals surface area contributed by atoms with Crippen LogP contribution in [0.25, 0.3) is 0 Å². The van der Waals surface area contributed by atoms with Crippen LogP contribution >= 0.6 is 11.6 Å². The number of halogens is 1. The Labute approximate surface area is 99.7 Å². The van der Waals surface area contributed by atoms with Gasteiger partial charge in [0.2, 0.25) is 0 Å². The maximum atomic E-state index is 10.8. The molecule has 0 heterocycles. The Morgan fingerprint density at radius 3 is 2.69 bits per heavy atom. The summed E-state index contributed by atoms with van der Waals surface area (Å²) in [5.74, 6) is 0. The van der Waals surface area contributed by atoms with Crippen LogP contribution in [0.4, 0.5) is 4.79 Å². The molecule has 1 atom stereocenters. The Balaban J connectivity index is 2.36. The summed E-state index contributed by atoms with van der Waals surface area (Å²) in [4.78, 5) is 10.8. The van der Waals surface area contributed by atoms with E-state index in [0.29, 0.717) is 11.4 Å². The third-order valence-corrected chi connectivity index (χ3v) is 2.30. The van der Waals surface area contributed by atoms with Crippen molar-refractivity contribution in [3.05, 3.63) is 34.9 Å². The molecule has 0 aliphatic carbocycles. The molecule has 1 amide bonds. The first-order chi connectivity index (χ1) is 7.61.